The van der Waals surface area contributed by atoms with Gasteiger partial charge in [-0.15, -0.1) is 0 Å². The third-order valence-corrected chi connectivity index (χ3v) is 1.84. The summed E-state index contributed by atoms with van der Waals surface area (Å²) >= 11 is 0. The first-order chi connectivity index (χ1) is 5.36. The SMILES string of the molecule is Cc1cnc([C@@H]2CCCO2)o1. The summed E-state index contributed by atoms with van der Waals surface area (Å²) in [6, 6.07) is 0. The highest BCUT2D eigenvalue weighted by Crippen LogP contribution is 2.27. The Bertz CT molecular complexity index is 238. The van der Waals surface area contributed by atoms with Crippen molar-refractivity contribution < 1.29 is 9.15 Å². The molecule has 0 saturated carbocycles. The average molecular weight is 153 g/mol. The summed E-state index contributed by atoms with van der Waals surface area (Å²) in [6.45, 7) is 2.73. The largest absolute Gasteiger partial charge is 0.443 e. The highest BCUT2D eigenvalue weighted by molar-refractivity contribution is 4.95. The third-order valence-electron chi connectivity index (χ3n) is 1.84. The molecular formula is C8H11NO2. The van der Waals surface area contributed by atoms with Crippen LogP contribution in [0, 0.1) is 6.92 Å². The second-order valence-corrected chi connectivity index (χ2v) is 2.81. The van der Waals surface area contributed by atoms with E-state index in [4.69, 9.17) is 9.15 Å². The number of rotatable bonds is 1. The van der Waals surface area contributed by atoms with Gasteiger partial charge in [0, 0.05) is 6.61 Å². The summed E-state index contributed by atoms with van der Waals surface area (Å²) in [5, 5.41) is 0. The van der Waals surface area contributed by atoms with Gasteiger partial charge in [0.25, 0.3) is 0 Å². The molecule has 1 aliphatic rings. The summed E-state index contributed by atoms with van der Waals surface area (Å²) < 4.78 is 10.7. The summed E-state index contributed by atoms with van der Waals surface area (Å²) in [4.78, 5) is 4.11. The second-order valence-electron chi connectivity index (χ2n) is 2.81. The van der Waals surface area contributed by atoms with Crippen molar-refractivity contribution in [2.24, 2.45) is 0 Å². The molecule has 1 aliphatic heterocycles. The Kier molecular flexibility index (Phi) is 1.66. The average Bonchev–Trinajstić information content (AvgIpc) is 2.55. The Morgan fingerprint density at radius 2 is 2.55 bits per heavy atom. The summed E-state index contributed by atoms with van der Waals surface area (Å²) in [7, 11) is 0. The topological polar surface area (TPSA) is 35.3 Å². The molecule has 2 heterocycles. The molecule has 1 saturated heterocycles. The van der Waals surface area contributed by atoms with Crippen LogP contribution in [0.5, 0.6) is 0 Å². The van der Waals surface area contributed by atoms with E-state index in [1.165, 1.54) is 0 Å². The van der Waals surface area contributed by atoms with E-state index in [2.05, 4.69) is 4.98 Å². The van der Waals surface area contributed by atoms with Gasteiger partial charge in [-0.3, -0.25) is 0 Å². The van der Waals surface area contributed by atoms with Gasteiger partial charge in [-0.25, -0.2) is 4.98 Å². The van der Waals surface area contributed by atoms with Gasteiger partial charge in [-0.05, 0) is 19.8 Å². The van der Waals surface area contributed by atoms with E-state index in [9.17, 15) is 0 Å². The molecule has 1 atom stereocenters. The molecule has 0 aliphatic carbocycles. The minimum atomic E-state index is 0.115. The standard InChI is InChI=1S/C8H11NO2/c1-6-5-9-8(11-6)7-3-2-4-10-7/h5,7H,2-4H2,1H3/t7-/m0/s1. The zero-order valence-electron chi connectivity index (χ0n) is 6.54. The molecule has 0 spiro atoms. The molecular weight excluding hydrogens is 142 g/mol. The maximum Gasteiger partial charge on any atom is 0.223 e. The van der Waals surface area contributed by atoms with Crippen molar-refractivity contribution in [3.63, 3.8) is 0 Å². The zero-order valence-corrected chi connectivity index (χ0v) is 6.54. The Labute approximate surface area is 65.4 Å². The number of aryl methyl sites for hydroxylation is 1. The summed E-state index contributed by atoms with van der Waals surface area (Å²) in [5.74, 6) is 1.59. The Hall–Kier alpha value is -0.830. The van der Waals surface area contributed by atoms with Gasteiger partial charge < -0.3 is 9.15 Å². The van der Waals surface area contributed by atoms with Crippen molar-refractivity contribution in [3.05, 3.63) is 17.8 Å². The number of hydrogen-bond acceptors (Lipinski definition) is 3. The molecule has 0 radical (unpaired) electrons. The lowest BCUT2D eigenvalue weighted by atomic mass is 10.2. The van der Waals surface area contributed by atoms with Gasteiger partial charge in [0.15, 0.2) is 0 Å². The molecule has 0 unspecified atom stereocenters. The molecule has 11 heavy (non-hydrogen) atoms. The predicted molar refractivity (Wildman–Crippen MR) is 39.2 cm³/mol. The molecule has 0 N–H and O–H groups in total. The third kappa shape index (κ3) is 1.28. The summed E-state index contributed by atoms with van der Waals surface area (Å²) in [6.07, 6.45) is 4.01. The lowest BCUT2D eigenvalue weighted by Gasteiger charge is -2.01. The number of hydrogen-bond donors (Lipinski definition) is 0. The van der Waals surface area contributed by atoms with Gasteiger partial charge in [0.1, 0.15) is 11.9 Å². The fourth-order valence-corrected chi connectivity index (χ4v) is 1.29. The smallest absolute Gasteiger partial charge is 0.223 e. The van der Waals surface area contributed by atoms with Crippen LogP contribution in [0.25, 0.3) is 0 Å². The number of nitrogens with zero attached hydrogens (tertiary/aromatic N) is 1. The molecule has 60 valence electrons. The number of ether oxygens (including phenoxy) is 1. The first-order valence-electron chi connectivity index (χ1n) is 3.90. The van der Waals surface area contributed by atoms with E-state index in [1.54, 1.807) is 6.20 Å². The molecule has 0 aromatic carbocycles. The van der Waals surface area contributed by atoms with E-state index in [0.29, 0.717) is 0 Å². The lowest BCUT2D eigenvalue weighted by molar-refractivity contribution is 0.0885. The van der Waals surface area contributed by atoms with Crippen molar-refractivity contribution in [1.29, 1.82) is 0 Å². The van der Waals surface area contributed by atoms with Crippen LogP contribution in [0.15, 0.2) is 10.6 Å². The fraction of sp³-hybridized carbons (Fsp3) is 0.625. The van der Waals surface area contributed by atoms with Crippen LogP contribution in [-0.2, 0) is 4.74 Å². The molecule has 0 bridgehead atoms. The van der Waals surface area contributed by atoms with Crippen LogP contribution in [0.4, 0.5) is 0 Å². The Morgan fingerprint density at radius 1 is 1.64 bits per heavy atom. The quantitative estimate of drug-likeness (QED) is 0.617. The normalized spacial score (nSPS) is 24.3. The highest BCUT2D eigenvalue weighted by atomic mass is 16.5. The van der Waals surface area contributed by atoms with Crippen LogP contribution in [0.1, 0.15) is 30.6 Å². The Morgan fingerprint density at radius 3 is 3.09 bits per heavy atom. The first-order valence-corrected chi connectivity index (χ1v) is 3.90. The van der Waals surface area contributed by atoms with E-state index < -0.39 is 0 Å². The van der Waals surface area contributed by atoms with E-state index in [1.807, 2.05) is 6.92 Å². The first kappa shape index (κ1) is 6.85. The fourth-order valence-electron chi connectivity index (χ4n) is 1.29. The van der Waals surface area contributed by atoms with Crippen LogP contribution in [0.2, 0.25) is 0 Å². The van der Waals surface area contributed by atoms with Crippen LogP contribution in [0.3, 0.4) is 0 Å². The minimum absolute atomic E-state index is 0.115. The van der Waals surface area contributed by atoms with Gasteiger partial charge >= 0.3 is 0 Å². The molecule has 1 aromatic rings. The van der Waals surface area contributed by atoms with Crippen LogP contribution in [-0.4, -0.2) is 11.6 Å². The van der Waals surface area contributed by atoms with Crippen LogP contribution < -0.4 is 0 Å². The van der Waals surface area contributed by atoms with Crippen molar-refractivity contribution in [2.75, 3.05) is 6.61 Å². The molecule has 3 heteroatoms. The van der Waals surface area contributed by atoms with Crippen LogP contribution >= 0.6 is 0 Å². The molecule has 3 nitrogen and oxygen atoms in total. The van der Waals surface area contributed by atoms with Crippen molar-refractivity contribution in [1.82, 2.24) is 4.98 Å². The number of aromatic nitrogens is 1. The zero-order chi connectivity index (χ0) is 7.68. The molecule has 1 aromatic heterocycles. The maximum absolute atomic E-state index is 5.40. The Balaban J connectivity index is 2.15. The van der Waals surface area contributed by atoms with Crippen molar-refractivity contribution >= 4 is 0 Å². The van der Waals surface area contributed by atoms with Gasteiger partial charge in [0.05, 0.1) is 6.20 Å². The lowest BCUT2D eigenvalue weighted by Crippen LogP contribution is -1.94. The highest BCUT2D eigenvalue weighted by Gasteiger charge is 2.21. The minimum Gasteiger partial charge on any atom is -0.443 e. The van der Waals surface area contributed by atoms with E-state index >= 15 is 0 Å². The summed E-state index contributed by atoms with van der Waals surface area (Å²) in [5.41, 5.74) is 0. The molecule has 0 amide bonds. The van der Waals surface area contributed by atoms with Crippen molar-refractivity contribution in [2.45, 2.75) is 25.9 Å². The molecule has 2 rings (SSSR count). The second kappa shape index (κ2) is 2.66. The van der Waals surface area contributed by atoms with Crippen molar-refractivity contribution in [3.8, 4) is 0 Å². The number of oxazole rings is 1. The van der Waals surface area contributed by atoms with E-state index in [-0.39, 0.29) is 6.10 Å². The van der Waals surface area contributed by atoms with E-state index in [0.717, 1.165) is 31.1 Å². The maximum atomic E-state index is 5.40. The van der Waals surface area contributed by atoms with Gasteiger partial charge in [-0.2, -0.15) is 0 Å². The van der Waals surface area contributed by atoms with Gasteiger partial charge in [0.2, 0.25) is 5.89 Å². The predicted octanol–water partition coefficient (Wildman–Crippen LogP) is 1.83. The monoisotopic (exact) mass is 153 g/mol. The van der Waals surface area contributed by atoms with Gasteiger partial charge in [-0.1, -0.05) is 0 Å². The molecule has 1 fully saturated rings.